The number of hydrogen-bond acceptors (Lipinski definition) is 4. The monoisotopic (exact) mass is 437 g/mol. The van der Waals surface area contributed by atoms with Crippen molar-refractivity contribution in [3.63, 3.8) is 0 Å². The van der Waals surface area contributed by atoms with Crippen LogP contribution in [0.2, 0.25) is 0 Å². The lowest BCUT2D eigenvalue weighted by atomic mass is 10.1. The topological polar surface area (TPSA) is 49.0 Å². The van der Waals surface area contributed by atoms with E-state index in [1.165, 1.54) is 23.9 Å². The molecule has 0 unspecified atom stereocenters. The summed E-state index contributed by atoms with van der Waals surface area (Å²) < 4.78 is 22.3. The first-order chi connectivity index (χ1) is 15.1. The highest BCUT2D eigenvalue weighted by molar-refractivity contribution is 7.98. The Hall–Kier alpha value is -2.90. The first-order valence-corrected chi connectivity index (χ1v) is 11.1. The molecule has 0 saturated heterocycles. The average Bonchev–Trinajstić information content (AvgIpc) is 3.11. The Labute approximate surface area is 184 Å². The van der Waals surface area contributed by atoms with Crippen LogP contribution < -0.4 is 5.56 Å². The van der Waals surface area contributed by atoms with E-state index in [2.05, 4.69) is 0 Å². The number of aryl methyl sites for hydroxylation is 1. The SMILES string of the molecule is COCCCn1c(SCc2cccc(F)c2)nc2c(-c3ccccc3)cn(C)c2c1=O. The molecule has 0 aliphatic carbocycles. The van der Waals surface area contributed by atoms with Gasteiger partial charge in [-0.25, -0.2) is 9.37 Å². The fraction of sp³-hybridized carbons (Fsp3) is 0.250. The molecule has 160 valence electrons. The van der Waals surface area contributed by atoms with Gasteiger partial charge in [-0.05, 0) is 29.7 Å². The lowest BCUT2D eigenvalue weighted by Gasteiger charge is -2.13. The molecule has 31 heavy (non-hydrogen) atoms. The van der Waals surface area contributed by atoms with Crippen LogP contribution in [0.1, 0.15) is 12.0 Å². The number of rotatable bonds is 8. The molecule has 0 bridgehead atoms. The summed E-state index contributed by atoms with van der Waals surface area (Å²) in [6, 6.07) is 16.4. The van der Waals surface area contributed by atoms with Crippen molar-refractivity contribution in [3.8, 4) is 11.1 Å². The van der Waals surface area contributed by atoms with Crippen molar-refractivity contribution in [1.29, 1.82) is 0 Å². The Kier molecular flexibility index (Phi) is 6.53. The molecule has 2 heterocycles. The minimum atomic E-state index is -0.270. The highest BCUT2D eigenvalue weighted by atomic mass is 32.2. The number of thioether (sulfide) groups is 1. The van der Waals surface area contributed by atoms with Crippen LogP contribution in [-0.2, 0) is 24.1 Å². The van der Waals surface area contributed by atoms with Gasteiger partial charge in [0.15, 0.2) is 5.16 Å². The summed E-state index contributed by atoms with van der Waals surface area (Å²) in [6.07, 6.45) is 2.65. The van der Waals surface area contributed by atoms with E-state index in [1.807, 2.05) is 54.2 Å². The summed E-state index contributed by atoms with van der Waals surface area (Å²) in [6.45, 7) is 1.06. The Morgan fingerprint density at radius 1 is 1.13 bits per heavy atom. The van der Waals surface area contributed by atoms with Crippen LogP contribution in [0.5, 0.6) is 0 Å². The molecular weight excluding hydrogens is 413 g/mol. The second kappa shape index (κ2) is 9.49. The Balaban J connectivity index is 1.80. The minimum Gasteiger partial charge on any atom is -0.385 e. The van der Waals surface area contributed by atoms with Crippen molar-refractivity contribution in [1.82, 2.24) is 14.1 Å². The zero-order valence-corrected chi connectivity index (χ0v) is 18.4. The number of methoxy groups -OCH3 is 1. The molecule has 5 nitrogen and oxygen atoms in total. The maximum Gasteiger partial charge on any atom is 0.278 e. The van der Waals surface area contributed by atoms with Crippen LogP contribution in [0.15, 0.2) is 70.7 Å². The van der Waals surface area contributed by atoms with Gasteiger partial charge in [0.05, 0.1) is 0 Å². The van der Waals surface area contributed by atoms with E-state index < -0.39 is 0 Å². The number of halogens is 1. The van der Waals surface area contributed by atoms with E-state index in [4.69, 9.17) is 9.72 Å². The van der Waals surface area contributed by atoms with Crippen molar-refractivity contribution in [2.75, 3.05) is 13.7 Å². The average molecular weight is 438 g/mol. The smallest absolute Gasteiger partial charge is 0.278 e. The summed E-state index contributed by atoms with van der Waals surface area (Å²) in [5.74, 6) is 0.251. The number of benzene rings is 2. The van der Waals surface area contributed by atoms with E-state index in [0.29, 0.717) is 41.5 Å². The third-order valence-electron chi connectivity index (χ3n) is 5.11. The van der Waals surface area contributed by atoms with Gasteiger partial charge in [-0.15, -0.1) is 0 Å². The third kappa shape index (κ3) is 4.57. The summed E-state index contributed by atoms with van der Waals surface area (Å²) >= 11 is 1.44. The molecule has 0 amide bonds. The molecular formula is C24H24FN3O2S. The van der Waals surface area contributed by atoms with Crippen LogP contribution in [0, 0.1) is 5.82 Å². The van der Waals surface area contributed by atoms with Gasteiger partial charge in [0.2, 0.25) is 0 Å². The number of hydrogen-bond donors (Lipinski definition) is 0. The van der Waals surface area contributed by atoms with Crippen LogP contribution in [-0.4, -0.2) is 27.8 Å². The highest BCUT2D eigenvalue weighted by Crippen LogP contribution is 2.30. The fourth-order valence-electron chi connectivity index (χ4n) is 3.63. The zero-order valence-electron chi connectivity index (χ0n) is 17.5. The third-order valence-corrected chi connectivity index (χ3v) is 6.16. The molecule has 0 N–H and O–H groups in total. The first-order valence-electron chi connectivity index (χ1n) is 10.1. The second-order valence-electron chi connectivity index (χ2n) is 7.33. The predicted octanol–water partition coefficient (Wildman–Crippen LogP) is 4.87. The molecule has 0 saturated carbocycles. The molecule has 2 aromatic carbocycles. The van der Waals surface area contributed by atoms with Crippen LogP contribution in [0.25, 0.3) is 22.2 Å². The van der Waals surface area contributed by atoms with E-state index in [1.54, 1.807) is 17.7 Å². The van der Waals surface area contributed by atoms with Crippen LogP contribution in [0.4, 0.5) is 4.39 Å². The van der Waals surface area contributed by atoms with Crippen molar-refractivity contribution in [3.05, 3.63) is 82.5 Å². The second-order valence-corrected chi connectivity index (χ2v) is 8.28. The lowest BCUT2D eigenvalue weighted by molar-refractivity contribution is 0.189. The molecule has 0 fully saturated rings. The Morgan fingerprint density at radius 2 is 1.94 bits per heavy atom. The molecule has 4 rings (SSSR count). The van der Waals surface area contributed by atoms with Gasteiger partial charge in [0.1, 0.15) is 16.9 Å². The fourth-order valence-corrected chi connectivity index (χ4v) is 4.59. The molecule has 4 aromatic rings. The minimum absolute atomic E-state index is 0.0764. The molecule has 0 spiro atoms. The first kappa shape index (κ1) is 21.3. The van der Waals surface area contributed by atoms with Gasteiger partial charge < -0.3 is 9.30 Å². The normalized spacial score (nSPS) is 11.3. The molecule has 0 radical (unpaired) electrons. The van der Waals surface area contributed by atoms with Crippen molar-refractivity contribution in [2.24, 2.45) is 7.05 Å². The maximum absolute atomic E-state index is 13.6. The summed E-state index contributed by atoms with van der Waals surface area (Å²) in [5.41, 5.74) is 3.96. The van der Waals surface area contributed by atoms with Crippen molar-refractivity contribution < 1.29 is 9.13 Å². The standard InChI is InChI=1S/C24H24FN3O2S/c1-27-15-20(18-9-4-3-5-10-18)21-22(27)23(29)28(12-7-13-30-2)24(26-21)31-16-17-8-6-11-19(25)14-17/h3-6,8-11,14-15H,7,12-13,16H2,1-2H3. The Morgan fingerprint density at radius 3 is 2.68 bits per heavy atom. The number of ether oxygens (including phenoxy) is 1. The quantitative estimate of drug-likeness (QED) is 0.224. The van der Waals surface area contributed by atoms with Crippen molar-refractivity contribution in [2.45, 2.75) is 23.9 Å². The van der Waals surface area contributed by atoms with Gasteiger partial charge in [-0.2, -0.15) is 0 Å². The maximum atomic E-state index is 13.6. The van der Waals surface area contributed by atoms with Crippen LogP contribution in [0.3, 0.4) is 0 Å². The zero-order chi connectivity index (χ0) is 21.8. The van der Waals surface area contributed by atoms with E-state index in [0.717, 1.165) is 16.7 Å². The molecule has 7 heteroatoms. The molecule has 0 aliphatic heterocycles. The van der Waals surface area contributed by atoms with Gasteiger partial charge in [0, 0.05) is 44.8 Å². The van der Waals surface area contributed by atoms with Gasteiger partial charge >= 0.3 is 0 Å². The van der Waals surface area contributed by atoms with Gasteiger partial charge in [-0.1, -0.05) is 54.2 Å². The van der Waals surface area contributed by atoms with Crippen LogP contribution >= 0.6 is 11.8 Å². The number of fused-ring (bicyclic) bond motifs is 1. The largest absolute Gasteiger partial charge is 0.385 e. The predicted molar refractivity (Wildman–Crippen MR) is 123 cm³/mol. The lowest BCUT2D eigenvalue weighted by Crippen LogP contribution is -2.25. The van der Waals surface area contributed by atoms with E-state index in [-0.39, 0.29) is 11.4 Å². The summed E-state index contributed by atoms with van der Waals surface area (Å²) in [7, 11) is 3.52. The Bertz CT molecular complexity index is 1250. The number of nitrogens with zero attached hydrogens (tertiary/aromatic N) is 3. The summed E-state index contributed by atoms with van der Waals surface area (Å²) in [4.78, 5) is 18.4. The highest BCUT2D eigenvalue weighted by Gasteiger charge is 2.18. The summed E-state index contributed by atoms with van der Waals surface area (Å²) in [5, 5.41) is 0.626. The molecule has 2 aromatic heterocycles. The molecule has 0 aliphatic rings. The van der Waals surface area contributed by atoms with Gasteiger partial charge in [0.25, 0.3) is 5.56 Å². The van der Waals surface area contributed by atoms with Gasteiger partial charge in [-0.3, -0.25) is 9.36 Å². The molecule has 0 atom stereocenters. The van der Waals surface area contributed by atoms with E-state index >= 15 is 0 Å². The van der Waals surface area contributed by atoms with Crippen molar-refractivity contribution >= 4 is 22.8 Å². The van der Waals surface area contributed by atoms with E-state index in [9.17, 15) is 9.18 Å². The number of aromatic nitrogens is 3.